The van der Waals surface area contributed by atoms with E-state index in [1.165, 1.54) is 6.07 Å². The third-order valence-electron chi connectivity index (χ3n) is 4.33. The predicted octanol–water partition coefficient (Wildman–Crippen LogP) is 5.18. The van der Waals surface area contributed by atoms with Crippen LogP contribution >= 0.6 is 0 Å². The van der Waals surface area contributed by atoms with Crippen LogP contribution in [0.2, 0.25) is 0 Å². The molecule has 0 aliphatic rings. The van der Waals surface area contributed by atoms with Gasteiger partial charge in [0.05, 0.1) is 11.1 Å². The molecule has 0 saturated carbocycles. The maximum atomic E-state index is 14.0. The number of aromatic amines is 1. The zero-order chi connectivity index (χ0) is 20.7. The van der Waals surface area contributed by atoms with Crippen LogP contribution in [0.4, 0.5) is 27.8 Å². The normalized spacial score (nSPS) is 11.1. The molecule has 29 heavy (non-hydrogen) atoms. The van der Waals surface area contributed by atoms with Crippen LogP contribution in [0, 0.1) is 29.1 Å². The predicted molar refractivity (Wildman–Crippen MR) is 95.7 cm³/mol. The Labute approximate surface area is 160 Å². The summed E-state index contributed by atoms with van der Waals surface area (Å²) in [4.78, 5) is 12.2. The van der Waals surface area contributed by atoms with Crippen LogP contribution in [-0.4, -0.2) is 16.1 Å². The van der Waals surface area contributed by atoms with E-state index in [9.17, 15) is 26.7 Å². The second-order valence-electron chi connectivity index (χ2n) is 6.11. The number of carbonyl (C=O) groups is 1. The van der Waals surface area contributed by atoms with Crippen LogP contribution in [0.1, 0.15) is 10.4 Å². The van der Waals surface area contributed by atoms with Crippen LogP contribution in [0.25, 0.3) is 22.0 Å². The van der Waals surface area contributed by atoms with Crippen LogP contribution in [-0.2, 0) is 0 Å². The van der Waals surface area contributed by atoms with Crippen LogP contribution in [0.5, 0.6) is 0 Å². The Morgan fingerprint density at radius 3 is 2.38 bits per heavy atom. The molecule has 0 spiro atoms. The van der Waals surface area contributed by atoms with Crippen molar-refractivity contribution in [2.24, 2.45) is 0 Å². The van der Waals surface area contributed by atoms with Gasteiger partial charge < -0.3 is 5.32 Å². The molecule has 0 bridgehead atoms. The molecule has 146 valence electrons. The van der Waals surface area contributed by atoms with E-state index in [2.05, 4.69) is 15.5 Å². The van der Waals surface area contributed by atoms with E-state index in [1.54, 1.807) is 36.4 Å². The topological polar surface area (TPSA) is 57.8 Å². The van der Waals surface area contributed by atoms with Gasteiger partial charge in [0.15, 0.2) is 29.1 Å². The second kappa shape index (κ2) is 7.01. The zero-order valence-electron chi connectivity index (χ0n) is 14.4. The largest absolute Gasteiger partial charge is 0.304 e. The SMILES string of the molecule is O=C(Nc1n[nH]c2cc(-c3ccccc3F)ccc12)c1cc(F)c(F)c(F)c1F. The zero-order valence-corrected chi connectivity index (χ0v) is 14.4. The van der Waals surface area contributed by atoms with Crippen LogP contribution in [0.3, 0.4) is 0 Å². The Kier molecular flexibility index (Phi) is 4.50. The lowest BCUT2D eigenvalue weighted by atomic mass is 10.0. The van der Waals surface area contributed by atoms with Crippen LogP contribution < -0.4 is 5.32 Å². The quantitative estimate of drug-likeness (QED) is 0.281. The van der Waals surface area contributed by atoms with Crippen molar-refractivity contribution >= 4 is 22.6 Å². The maximum absolute atomic E-state index is 14.0. The minimum Gasteiger partial charge on any atom is -0.304 e. The molecule has 0 aliphatic heterocycles. The number of halogens is 5. The van der Waals surface area contributed by atoms with Crippen molar-refractivity contribution in [3.8, 4) is 11.1 Å². The summed E-state index contributed by atoms with van der Waals surface area (Å²) < 4.78 is 67.5. The van der Waals surface area contributed by atoms with Crippen molar-refractivity contribution in [1.29, 1.82) is 0 Å². The Morgan fingerprint density at radius 1 is 0.862 bits per heavy atom. The summed E-state index contributed by atoms with van der Waals surface area (Å²) in [6.07, 6.45) is 0. The summed E-state index contributed by atoms with van der Waals surface area (Å²) in [7, 11) is 0. The number of nitrogens with zero attached hydrogens (tertiary/aromatic N) is 1. The molecule has 0 radical (unpaired) electrons. The number of rotatable bonds is 3. The molecule has 0 unspecified atom stereocenters. The first-order valence-corrected chi connectivity index (χ1v) is 8.24. The third kappa shape index (κ3) is 3.20. The van der Waals surface area contributed by atoms with E-state index in [4.69, 9.17) is 0 Å². The van der Waals surface area contributed by atoms with Gasteiger partial charge in [0.2, 0.25) is 0 Å². The monoisotopic (exact) mass is 403 g/mol. The lowest BCUT2D eigenvalue weighted by Crippen LogP contribution is -2.16. The number of aromatic nitrogens is 2. The summed E-state index contributed by atoms with van der Waals surface area (Å²) in [5.74, 6) is -9.29. The number of fused-ring (bicyclic) bond motifs is 1. The molecule has 0 atom stereocenters. The molecule has 4 aromatic rings. The third-order valence-corrected chi connectivity index (χ3v) is 4.33. The van der Waals surface area contributed by atoms with E-state index in [1.807, 2.05) is 0 Å². The lowest BCUT2D eigenvalue weighted by molar-refractivity contribution is 0.102. The number of benzene rings is 3. The fourth-order valence-electron chi connectivity index (χ4n) is 2.89. The highest BCUT2D eigenvalue weighted by Crippen LogP contribution is 2.29. The van der Waals surface area contributed by atoms with Gasteiger partial charge in [-0.15, -0.1) is 0 Å². The Hall–Kier alpha value is -3.75. The highest BCUT2D eigenvalue weighted by molar-refractivity contribution is 6.08. The number of carbonyl (C=O) groups excluding carboxylic acids is 1. The van der Waals surface area contributed by atoms with Gasteiger partial charge in [-0.25, -0.2) is 22.0 Å². The van der Waals surface area contributed by atoms with E-state index >= 15 is 0 Å². The van der Waals surface area contributed by atoms with Crippen molar-refractivity contribution in [3.63, 3.8) is 0 Å². The summed E-state index contributed by atoms with van der Waals surface area (Å²) in [5.41, 5.74) is 0.318. The Balaban J connectivity index is 1.68. The van der Waals surface area contributed by atoms with Gasteiger partial charge in [0, 0.05) is 10.9 Å². The van der Waals surface area contributed by atoms with Gasteiger partial charge in [-0.05, 0) is 29.8 Å². The lowest BCUT2D eigenvalue weighted by Gasteiger charge is -2.06. The number of anilines is 1. The number of amides is 1. The molecule has 1 aromatic heterocycles. The number of hydrogen-bond acceptors (Lipinski definition) is 2. The minimum absolute atomic E-state index is 0.0466. The molecule has 1 amide bonds. The molecular weight excluding hydrogens is 393 g/mol. The van der Waals surface area contributed by atoms with Crippen molar-refractivity contribution < 1.29 is 26.7 Å². The second-order valence-corrected chi connectivity index (χ2v) is 6.11. The molecular formula is C20H10F5N3O. The Morgan fingerprint density at radius 2 is 1.62 bits per heavy atom. The van der Waals surface area contributed by atoms with Crippen molar-refractivity contribution in [1.82, 2.24) is 10.2 Å². The van der Waals surface area contributed by atoms with Crippen LogP contribution in [0.15, 0.2) is 48.5 Å². The molecule has 1 heterocycles. The molecule has 2 N–H and O–H groups in total. The fraction of sp³-hybridized carbons (Fsp3) is 0. The van der Waals surface area contributed by atoms with Crippen molar-refractivity contribution in [2.75, 3.05) is 5.32 Å². The average molecular weight is 403 g/mol. The Bertz CT molecular complexity index is 1270. The smallest absolute Gasteiger partial charge is 0.260 e. The number of hydrogen-bond donors (Lipinski definition) is 2. The number of nitrogens with one attached hydrogen (secondary N) is 2. The maximum Gasteiger partial charge on any atom is 0.260 e. The van der Waals surface area contributed by atoms with Gasteiger partial charge in [-0.2, -0.15) is 5.10 Å². The summed E-state index contributed by atoms with van der Waals surface area (Å²) in [5, 5.41) is 9.11. The molecule has 0 aliphatic carbocycles. The first-order valence-electron chi connectivity index (χ1n) is 8.24. The van der Waals surface area contributed by atoms with Crippen molar-refractivity contribution in [3.05, 3.63) is 83.2 Å². The van der Waals surface area contributed by atoms with Gasteiger partial charge in [0.1, 0.15) is 5.82 Å². The summed E-state index contributed by atoms with van der Waals surface area (Å²) >= 11 is 0. The van der Waals surface area contributed by atoms with Gasteiger partial charge in [-0.3, -0.25) is 9.89 Å². The first kappa shape index (κ1) is 18.6. The summed E-state index contributed by atoms with van der Waals surface area (Å²) in [6.45, 7) is 0. The first-order chi connectivity index (χ1) is 13.9. The van der Waals surface area contributed by atoms with Gasteiger partial charge >= 0.3 is 0 Å². The number of H-pyrrole nitrogens is 1. The van der Waals surface area contributed by atoms with Crippen molar-refractivity contribution in [2.45, 2.75) is 0 Å². The molecule has 3 aromatic carbocycles. The molecule has 0 fully saturated rings. The van der Waals surface area contributed by atoms with E-state index in [0.29, 0.717) is 22.0 Å². The standard InChI is InChI=1S/C20H10F5N3O/c21-13-4-2-1-3-10(13)9-5-6-11-15(7-9)27-28-19(11)26-20(29)12-8-14(22)17(24)18(25)16(12)23/h1-8H,(H2,26,27,28,29). The van der Waals surface area contributed by atoms with E-state index < -0.39 is 40.6 Å². The molecule has 4 nitrogen and oxygen atoms in total. The van der Waals surface area contributed by atoms with Gasteiger partial charge in [0.25, 0.3) is 5.91 Å². The fourth-order valence-corrected chi connectivity index (χ4v) is 2.89. The molecule has 0 saturated heterocycles. The molecule has 9 heteroatoms. The summed E-state index contributed by atoms with van der Waals surface area (Å²) in [6, 6.07) is 11.1. The average Bonchev–Trinajstić information content (AvgIpc) is 3.11. The highest BCUT2D eigenvalue weighted by Gasteiger charge is 2.24. The van der Waals surface area contributed by atoms with Gasteiger partial charge in [-0.1, -0.05) is 24.3 Å². The van der Waals surface area contributed by atoms with E-state index in [0.717, 1.165) is 0 Å². The molecule has 4 rings (SSSR count). The minimum atomic E-state index is -2.09. The highest BCUT2D eigenvalue weighted by atomic mass is 19.2. The van der Waals surface area contributed by atoms with E-state index in [-0.39, 0.29) is 11.9 Å².